The van der Waals surface area contributed by atoms with Crippen LogP contribution in [-0.4, -0.2) is 41.3 Å². The van der Waals surface area contributed by atoms with Crippen LogP contribution in [0, 0.1) is 5.82 Å². The third-order valence-corrected chi connectivity index (χ3v) is 3.15. The average Bonchev–Trinajstić information content (AvgIpc) is 2.66. The van der Waals surface area contributed by atoms with Crippen LogP contribution in [0.15, 0.2) is 18.2 Å². The van der Waals surface area contributed by atoms with Gasteiger partial charge in [0.05, 0.1) is 13.7 Å². The topological polar surface area (TPSA) is 66.9 Å². The van der Waals surface area contributed by atoms with E-state index < -0.39 is 23.7 Å². The Morgan fingerprint density at radius 1 is 1.14 bits per heavy atom. The zero-order valence-corrected chi connectivity index (χ0v) is 11.8. The second-order valence-corrected chi connectivity index (χ2v) is 4.59. The van der Waals surface area contributed by atoms with Crippen LogP contribution in [0.4, 0.5) is 9.18 Å². The van der Waals surface area contributed by atoms with Crippen molar-refractivity contribution in [1.29, 1.82) is 0 Å². The van der Waals surface area contributed by atoms with E-state index in [9.17, 15) is 18.8 Å². The number of carbonyl (C=O) groups is 3. The normalized spacial score (nSPS) is 15.1. The van der Waals surface area contributed by atoms with E-state index in [1.165, 1.54) is 25.3 Å². The number of urea groups is 1. The van der Waals surface area contributed by atoms with Gasteiger partial charge < -0.3 is 4.74 Å². The molecule has 0 spiro atoms. The summed E-state index contributed by atoms with van der Waals surface area (Å²) in [5.74, 6) is -1.92. The van der Waals surface area contributed by atoms with Crippen LogP contribution in [0.25, 0.3) is 0 Å². The maximum absolute atomic E-state index is 13.3. The fourth-order valence-electron chi connectivity index (χ4n) is 2.15. The lowest BCUT2D eigenvalue weighted by Crippen LogP contribution is -2.33. The Bertz CT molecular complexity index is 603. The van der Waals surface area contributed by atoms with Crippen LogP contribution < -0.4 is 4.74 Å². The zero-order valence-electron chi connectivity index (χ0n) is 11.8. The minimum absolute atomic E-state index is 0.181. The minimum Gasteiger partial charge on any atom is -0.496 e. The van der Waals surface area contributed by atoms with Crippen LogP contribution in [0.2, 0.25) is 0 Å². The molecule has 112 valence electrons. The molecule has 1 aliphatic heterocycles. The summed E-state index contributed by atoms with van der Waals surface area (Å²) >= 11 is 0. The van der Waals surface area contributed by atoms with Crippen molar-refractivity contribution in [2.75, 3.05) is 13.7 Å². The molecule has 1 aromatic carbocycles. The Balaban J connectivity index is 2.27. The maximum Gasteiger partial charge on any atom is 0.334 e. The molecule has 0 bridgehead atoms. The van der Waals surface area contributed by atoms with Crippen molar-refractivity contribution >= 4 is 17.8 Å². The Kier molecular flexibility index (Phi) is 4.21. The molecule has 7 heteroatoms. The summed E-state index contributed by atoms with van der Waals surface area (Å²) in [6, 6.07) is 3.11. The Hall–Kier alpha value is -2.44. The summed E-state index contributed by atoms with van der Waals surface area (Å²) in [5.41, 5.74) is 0.324. The first-order valence-electron chi connectivity index (χ1n) is 6.49. The first-order valence-corrected chi connectivity index (χ1v) is 6.49. The molecule has 1 aromatic rings. The van der Waals surface area contributed by atoms with Crippen molar-refractivity contribution in [3.05, 3.63) is 29.6 Å². The molecule has 0 atom stereocenters. The van der Waals surface area contributed by atoms with Gasteiger partial charge in [-0.3, -0.25) is 19.4 Å². The predicted octanol–water partition coefficient (Wildman–Crippen LogP) is 1.54. The molecule has 1 fully saturated rings. The number of amides is 4. The van der Waals surface area contributed by atoms with E-state index in [0.717, 1.165) is 9.80 Å². The van der Waals surface area contributed by atoms with Crippen molar-refractivity contribution in [2.24, 2.45) is 0 Å². The molecule has 0 saturated carbocycles. The van der Waals surface area contributed by atoms with Crippen LogP contribution in [-0.2, 0) is 16.1 Å². The zero-order chi connectivity index (χ0) is 15.6. The Morgan fingerprint density at radius 3 is 2.43 bits per heavy atom. The van der Waals surface area contributed by atoms with Gasteiger partial charge in [0.15, 0.2) is 0 Å². The summed E-state index contributed by atoms with van der Waals surface area (Å²) in [5, 5.41) is 0. The van der Waals surface area contributed by atoms with Gasteiger partial charge in [-0.1, -0.05) is 6.92 Å². The van der Waals surface area contributed by atoms with Gasteiger partial charge in [-0.2, -0.15) is 0 Å². The highest BCUT2D eigenvalue weighted by molar-refractivity contribution is 6.44. The number of rotatable bonds is 5. The molecule has 1 heterocycles. The van der Waals surface area contributed by atoms with E-state index in [0.29, 0.717) is 17.7 Å². The van der Waals surface area contributed by atoms with Gasteiger partial charge in [0.25, 0.3) is 0 Å². The molecule has 0 N–H and O–H groups in total. The number of carbonyl (C=O) groups excluding carboxylic acids is 3. The molecule has 0 unspecified atom stereocenters. The molecule has 21 heavy (non-hydrogen) atoms. The molecular weight excluding hydrogens is 279 g/mol. The quantitative estimate of drug-likeness (QED) is 0.610. The van der Waals surface area contributed by atoms with Crippen molar-refractivity contribution in [2.45, 2.75) is 19.9 Å². The van der Waals surface area contributed by atoms with Crippen LogP contribution in [0.1, 0.15) is 18.9 Å². The predicted molar refractivity (Wildman–Crippen MR) is 70.9 cm³/mol. The Labute approximate surface area is 121 Å². The van der Waals surface area contributed by atoms with Crippen molar-refractivity contribution in [3.8, 4) is 5.75 Å². The SMILES string of the molecule is CCCN1C(=O)C(=O)N(Cc2cc(F)ccc2OC)C1=O. The van der Waals surface area contributed by atoms with Crippen LogP contribution in [0.5, 0.6) is 5.75 Å². The molecule has 1 saturated heterocycles. The molecule has 0 aliphatic carbocycles. The lowest BCUT2D eigenvalue weighted by Gasteiger charge is -2.16. The third kappa shape index (κ3) is 2.72. The van der Waals surface area contributed by atoms with Gasteiger partial charge in [0, 0.05) is 12.1 Å². The van der Waals surface area contributed by atoms with Crippen LogP contribution >= 0.6 is 0 Å². The number of hydrogen-bond donors (Lipinski definition) is 0. The Morgan fingerprint density at radius 2 is 1.81 bits per heavy atom. The lowest BCUT2D eigenvalue weighted by atomic mass is 10.2. The first-order chi connectivity index (χ1) is 9.99. The monoisotopic (exact) mass is 294 g/mol. The number of nitrogens with zero attached hydrogens (tertiary/aromatic N) is 2. The van der Waals surface area contributed by atoms with Crippen molar-refractivity contribution in [3.63, 3.8) is 0 Å². The van der Waals surface area contributed by atoms with Gasteiger partial charge in [-0.05, 0) is 24.6 Å². The van der Waals surface area contributed by atoms with Gasteiger partial charge in [0.2, 0.25) is 0 Å². The fourth-order valence-corrected chi connectivity index (χ4v) is 2.15. The number of benzene rings is 1. The van der Waals surface area contributed by atoms with Gasteiger partial charge in [0.1, 0.15) is 11.6 Å². The summed E-state index contributed by atoms with van der Waals surface area (Å²) < 4.78 is 18.4. The summed E-state index contributed by atoms with van der Waals surface area (Å²) in [7, 11) is 1.40. The van der Waals surface area contributed by atoms with E-state index in [-0.39, 0.29) is 13.1 Å². The summed E-state index contributed by atoms with van der Waals surface area (Å²) in [6.45, 7) is 1.77. The van der Waals surface area contributed by atoms with Crippen LogP contribution in [0.3, 0.4) is 0 Å². The fraction of sp³-hybridized carbons (Fsp3) is 0.357. The largest absolute Gasteiger partial charge is 0.496 e. The number of imide groups is 2. The number of ether oxygens (including phenoxy) is 1. The van der Waals surface area contributed by atoms with E-state index in [2.05, 4.69) is 0 Å². The van der Waals surface area contributed by atoms with Crippen molar-refractivity contribution in [1.82, 2.24) is 9.80 Å². The molecule has 2 rings (SSSR count). The number of hydrogen-bond acceptors (Lipinski definition) is 4. The van der Waals surface area contributed by atoms with E-state index >= 15 is 0 Å². The van der Waals surface area contributed by atoms with Gasteiger partial charge in [-0.15, -0.1) is 0 Å². The maximum atomic E-state index is 13.3. The van der Waals surface area contributed by atoms with E-state index in [4.69, 9.17) is 4.74 Å². The summed E-state index contributed by atoms with van der Waals surface area (Å²) in [6.07, 6.45) is 0.557. The molecule has 4 amide bonds. The first kappa shape index (κ1) is 15.0. The lowest BCUT2D eigenvalue weighted by molar-refractivity contribution is -0.143. The number of halogens is 1. The standard InChI is InChI=1S/C14H15FN2O4/c1-3-6-16-12(18)13(19)17(14(16)20)8-9-7-10(15)4-5-11(9)21-2/h4-5,7H,3,6,8H2,1-2H3. The van der Waals surface area contributed by atoms with E-state index in [1.54, 1.807) is 6.92 Å². The smallest absolute Gasteiger partial charge is 0.334 e. The molecular formula is C14H15FN2O4. The second-order valence-electron chi connectivity index (χ2n) is 4.59. The molecule has 0 aromatic heterocycles. The molecule has 0 radical (unpaired) electrons. The highest BCUT2D eigenvalue weighted by atomic mass is 19.1. The third-order valence-electron chi connectivity index (χ3n) is 3.15. The minimum atomic E-state index is -0.903. The highest BCUT2D eigenvalue weighted by Gasteiger charge is 2.44. The second kappa shape index (κ2) is 5.90. The van der Waals surface area contributed by atoms with E-state index in [1.807, 2.05) is 0 Å². The highest BCUT2D eigenvalue weighted by Crippen LogP contribution is 2.24. The average molecular weight is 294 g/mol. The number of methoxy groups -OCH3 is 1. The van der Waals surface area contributed by atoms with Gasteiger partial charge >= 0.3 is 17.8 Å². The van der Waals surface area contributed by atoms with Gasteiger partial charge in [-0.25, -0.2) is 9.18 Å². The molecule has 1 aliphatic rings. The molecule has 6 nitrogen and oxygen atoms in total. The van der Waals surface area contributed by atoms with Crippen molar-refractivity contribution < 1.29 is 23.5 Å². The summed E-state index contributed by atoms with van der Waals surface area (Å²) in [4.78, 5) is 37.4.